The summed E-state index contributed by atoms with van der Waals surface area (Å²) in [7, 11) is -0.363. The molecule has 8 nitrogen and oxygen atoms in total. The molecule has 0 saturated carbocycles. The number of nitrogens with one attached hydrogen (secondary N) is 1. The van der Waals surface area contributed by atoms with Crippen molar-refractivity contribution in [1.82, 2.24) is 24.3 Å². The Morgan fingerprint density at radius 1 is 1.21 bits per heavy atom. The molecular weight excluding hydrogens is 390 g/mol. The molecule has 2 heterocycles. The lowest BCUT2D eigenvalue weighted by atomic mass is 10.1. The standard InChI is InChI=1S/C20H27N5O3S/c1-6-11-25-15(3)18(14(2)23-25)13-22-29(26,27)16-7-8-20(28-5)17(12-16)19-9-10-21-24(19)4/h7-10,12,22H,6,11,13H2,1-5H3. The first kappa shape index (κ1) is 21.1. The lowest BCUT2D eigenvalue weighted by Crippen LogP contribution is -2.24. The highest BCUT2D eigenvalue weighted by molar-refractivity contribution is 7.89. The average molecular weight is 418 g/mol. The van der Waals surface area contributed by atoms with Crippen LogP contribution in [-0.2, 0) is 30.2 Å². The van der Waals surface area contributed by atoms with E-state index in [0.29, 0.717) is 11.3 Å². The first-order chi connectivity index (χ1) is 13.8. The van der Waals surface area contributed by atoms with E-state index in [4.69, 9.17) is 4.74 Å². The number of aromatic nitrogens is 4. The quantitative estimate of drug-likeness (QED) is 0.609. The van der Waals surface area contributed by atoms with Gasteiger partial charge in [-0.05, 0) is 44.5 Å². The van der Waals surface area contributed by atoms with Crippen molar-refractivity contribution in [1.29, 1.82) is 0 Å². The largest absolute Gasteiger partial charge is 0.496 e. The predicted molar refractivity (Wildman–Crippen MR) is 111 cm³/mol. The highest BCUT2D eigenvalue weighted by Crippen LogP contribution is 2.31. The minimum absolute atomic E-state index is 0.172. The first-order valence-corrected chi connectivity index (χ1v) is 11.0. The van der Waals surface area contributed by atoms with E-state index in [9.17, 15) is 8.42 Å². The minimum atomic E-state index is -3.72. The lowest BCUT2D eigenvalue weighted by Gasteiger charge is -2.12. The van der Waals surface area contributed by atoms with Gasteiger partial charge in [-0.2, -0.15) is 10.2 Å². The predicted octanol–water partition coefficient (Wildman–Crippen LogP) is 2.80. The Kier molecular flexibility index (Phi) is 6.09. The number of methoxy groups -OCH3 is 1. The monoisotopic (exact) mass is 417 g/mol. The van der Waals surface area contributed by atoms with Gasteiger partial charge in [-0.1, -0.05) is 6.92 Å². The third-order valence-corrected chi connectivity index (χ3v) is 6.38. The maximum atomic E-state index is 13.0. The number of benzene rings is 1. The Morgan fingerprint density at radius 3 is 2.59 bits per heavy atom. The van der Waals surface area contributed by atoms with Gasteiger partial charge in [-0.15, -0.1) is 0 Å². The third kappa shape index (κ3) is 4.20. The number of ether oxygens (including phenoxy) is 1. The second-order valence-corrected chi connectivity index (χ2v) is 8.67. The van der Waals surface area contributed by atoms with E-state index in [-0.39, 0.29) is 11.4 Å². The van der Waals surface area contributed by atoms with Gasteiger partial charge >= 0.3 is 0 Å². The Labute approximate surface area is 171 Å². The smallest absolute Gasteiger partial charge is 0.240 e. The maximum Gasteiger partial charge on any atom is 0.240 e. The lowest BCUT2D eigenvalue weighted by molar-refractivity contribution is 0.415. The molecule has 1 N–H and O–H groups in total. The third-order valence-electron chi connectivity index (χ3n) is 4.98. The van der Waals surface area contributed by atoms with Crippen molar-refractivity contribution >= 4 is 10.0 Å². The van der Waals surface area contributed by atoms with Crippen LogP contribution >= 0.6 is 0 Å². The number of nitrogens with zero attached hydrogens (tertiary/aromatic N) is 4. The summed E-state index contributed by atoms with van der Waals surface area (Å²) in [6.45, 7) is 6.95. The normalized spacial score (nSPS) is 11.8. The molecule has 2 aromatic heterocycles. The zero-order chi connectivity index (χ0) is 21.2. The van der Waals surface area contributed by atoms with E-state index in [1.165, 1.54) is 0 Å². The van der Waals surface area contributed by atoms with Gasteiger partial charge < -0.3 is 4.74 Å². The molecule has 9 heteroatoms. The molecule has 0 amide bonds. The van der Waals surface area contributed by atoms with Gasteiger partial charge in [0.05, 0.1) is 23.4 Å². The van der Waals surface area contributed by atoms with Crippen LogP contribution in [0.2, 0.25) is 0 Å². The number of sulfonamides is 1. The summed E-state index contributed by atoms with van der Waals surface area (Å²) in [5.41, 5.74) is 4.16. The topological polar surface area (TPSA) is 91.0 Å². The van der Waals surface area contributed by atoms with Crippen LogP contribution in [-0.4, -0.2) is 35.1 Å². The van der Waals surface area contributed by atoms with Gasteiger partial charge in [0.15, 0.2) is 0 Å². The summed E-state index contributed by atoms with van der Waals surface area (Å²) in [5.74, 6) is 0.583. The minimum Gasteiger partial charge on any atom is -0.496 e. The number of aryl methyl sites for hydroxylation is 3. The van der Waals surface area contributed by atoms with Crippen LogP contribution < -0.4 is 9.46 Å². The van der Waals surface area contributed by atoms with Crippen LogP contribution in [0.5, 0.6) is 5.75 Å². The molecule has 1 aromatic carbocycles. The zero-order valence-electron chi connectivity index (χ0n) is 17.4. The molecule has 0 aliphatic heterocycles. The highest BCUT2D eigenvalue weighted by atomic mass is 32.2. The maximum absolute atomic E-state index is 13.0. The molecule has 3 rings (SSSR count). The molecule has 0 atom stereocenters. The summed E-state index contributed by atoms with van der Waals surface area (Å²) in [6, 6.07) is 6.63. The highest BCUT2D eigenvalue weighted by Gasteiger charge is 2.20. The van der Waals surface area contributed by atoms with E-state index in [1.807, 2.05) is 24.6 Å². The van der Waals surface area contributed by atoms with Crippen molar-refractivity contribution in [2.75, 3.05) is 7.11 Å². The van der Waals surface area contributed by atoms with E-state index in [2.05, 4.69) is 21.8 Å². The molecule has 0 saturated heterocycles. The van der Waals surface area contributed by atoms with Crippen molar-refractivity contribution in [3.05, 3.63) is 47.4 Å². The van der Waals surface area contributed by atoms with E-state index in [0.717, 1.165) is 35.6 Å². The van der Waals surface area contributed by atoms with Gasteiger partial charge in [0.2, 0.25) is 10.0 Å². The summed E-state index contributed by atoms with van der Waals surface area (Å²) < 4.78 is 37.7. The van der Waals surface area contributed by atoms with Crippen molar-refractivity contribution in [3.8, 4) is 17.0 Å². The summed E-state index contributed by atoms with van der Waals surface area (Å²) >= 11 is 0. The summed E-state index contributed by atoms with van der Waals surface area (Å²) in [5, 5.41) is 8.67. The molecule has 29 heavy (non-hydrogen) atoms. The summed E-state index contributed by atoms with van der Waals surface area (Å²) in [4.78, 5) is 0.172. The van der Waals surface area contributed by atoms with Gasteiger partial charge in [0.25, 0.3) is 0 Å². The number of hydrogen-bond donors (Lipinski definition) is 1. The number of hydrogen-bond acceptors (Lipinski definition) is 5. The Bertz CT molecular complexity index is 1120. The molecule has 0 bridgehead atoms. The van der Waals surface area contributed by atoms with Gasteiger partial charge in [0, 0.05) is 43.2 Å². The van der Waals surface area contributed by atoms with E-state index < -0.39 is 10.0 Å². The van der Waals surface area contributed by atoms with Gasteiger partial charge in [-0.25, -0.2) is 13.1 Å². The number of rotatable bonds is 8. The average Bonchev–Trinajstić information content (AvgIpc) is 3.23. The molecule has 0 spiro atoms. The van der Waals surface area contributed by atoms with Crippen LogP contribution in [0.3, 0.4) is 0 Å². The zero-order valence-corrected chi connectivity index (χ0v) is 18.2. The van der Waals surface area contributed by atoms with Crippen LogP contribution in [0, 0.1) is 13.8 Å². The molecular formula is C20H27N5O3S. The fraction of sp³-hybridized carbons (Fsp3) is 0.400. The van der Waals surface area contributed by atoms with E-state index in [1.54, 1.807) is 43.2 Å². The summed E-state index contributed by atoms with van der Waals surface area (Å²) in [6.07, 6.45) is 2.63. The second-order valence-electron chi connectivity index (χ2n) is 6.90. The SMILES string of the molecule is CCCn1nc(C)c(CNS(=O)(=O)c2ccc(OC)c(-c3ccnn3C)c2)c1C. The molecule has 3 aromatic rings. The molecule has 156 valence electrons. The van der Waals surface area contributed by atoms with Crippen LogP contribution in [0.25, 0.3) is 11.3 Å². The van der Waals surface area contributed by atoms with Crippen molar-refractivity contribution < 1.29 is 13.2 Å². The second kappa shape index (κ2) is 8.38. The Morgan fingerprint density at radius 2 is 1.97 bits per heavy atom. The van der Waals surface area contributed by atoms with E-state index >= 15 is 0 Å². The first-order valence-electron chi connectivity index (χ1n) is 9.47. The fourth-order valence-corrected chi connectivity index (χ4v) is 4.38. The molecule has 0 aliphatic rings. The molecule has 0 unspecified atom stereocenters. The van der Waals surface area contributed by atoms with Crippen LogP contribution in [0.1, 0.15) is 30.3 Å². The fourth-order valence-electron chi connectivity index (χ4n) is 3.36. The van der Waals surface area contributed by atoms with Gasteiger partial charge in [-0.3, -0.25) is 9.36 Å². The Balaban J connectivity index is 1.90. The molecule has 0 aliphatic carbocycles. The molecule has 0 fully saturated rings. The van der Waals surface area contributed by atoms with Crippen molar-refractivity contribution in [3.63, 3.8) is 0 Å². The van der Waals surface area contributed by atoms with Crippen LogP contribution in [0.15, 0.2) is 35.4 Å². The molecule has 0 radical (unpaired) electrons. The van der Waals surface area contributed by atoms with Crippen molar-refractivity contribution in [2.24, 2.45) is 7.05 Å². The van der Waals surface area contributed by atoms with Crippen LogP contribution in [0.4, 0.5) is 0 Å². The van der Waals surface area contributed by atoms with Crippen molar-refractivity contribution in [2.45, 2.75) is 45.2 Å². The van der Waals surface area contributed by atoms with Gasteiger partial charge in [0.1, 0.15) is 5.75 Å². The Hall–Kier alpha value is -2.65.